The number of thiazole rings is 1. The molecule has 154 valence electrons. The quantitative estimate of drug-likeness (QED) is 0.416. The first-order valence-electron chi connectivity index (χ1n) is 9.31. The number of nitrogens with zero attached hydrogens (tertiary/aromatic N) is 3. The molecule has 3 heterocycles. The molecule has 0 radical (unpaired) electrons. The van der Waals surface area contributed by atoms with Crippen LogP contribution in [0.5, 0.6) is 0 Å². The lowest BCUT2D eigenvalue weighted by molar-refractivity contribution is -0.116. The molecule has 1 aromatic carbocycles. The summed E-state index contributed by atoms with van der Waals surface area (Å²) in [7, 11) is 0. The van der Waals surface area contributed by atoms with Crippen molar-refractivity contribution < 1.29 is 4.79 Å². The Morgan fingerprint density at radius 3 is 2.73 bits per heavy atom. The van der Waals surface area contributed by atoms with E-state index < -0.39 is 0 Å². The fraction of sp³-hybridized carbons (Fsp3) is 0.238. The Morgan fingerprint density at radius 2 is 2.00 bits per heavy atom. The Hall–Kier alpha value is -2.49. The molecule has 0 spiro atoms. The zero-order chi connectivity index (χ0) is 21.3. The van der Waals surface area contributed by atoms with E-state index in [1.165, 1.54) is 38.5 Å². The summed E-state index contributed by atoms with van der Waals surface area (Å²) in [6.45, 7) is 4.19. The first-order valence-corrected chi connectivity index (χ1v) is 12.2. The van der Waals surface area contributed by atoms with Gasteiger partial charge in [-0.1, -0.05) is 12.1 Å². The molecule has 0 bridgehead atoms. The zero-order valence-corrected chi connectivity index (χ0v) is 19.2. The highest BCUT2D eigenvalue weighted by Gasteiger charge is 2.13. The van der Waals surface area contributed by atoms with Crippen LogP contribution in [0.4, 0.5) is 5.13 Å². The summed E-state index contributed by atoms with van der Waals surface area (Å²) in [5, 5.41) is 5.95. The van der Waals surface area contributed by atoms with Crippen molar-refractivity contribution in [2.45, 2.75) is 31.7 Å². The van der Waals surface area contributed by atoms with Crippen molar-refractivity contribution in [3.63, 3.8) is 0 Å². The number of thioether (sulfide) groups is 1. The predicted molar refractivity (Wildman–Crippen MR) is 126 cm³/mol. The van der Waals surface area contributed by atoms with Gasteiger partial charge in [-0.2, -0.15) is 0 Å². The number of nitrogens with one attached hydrogen (secondary N) is 1. The van der Waals surface area contributed by atoms with E-state index in [1.807, 2.05) is 37.6 Å². The highest BCUT2D eigenvalue weighted by atomic mass is 32.2. The predicted octanol–water partition coefficient (Wildman–Crippen LogP) is 4.95. The third-order valence-corrected chi connectivity index (χ3v) is 7.49. The number of hydrogen-bond acceptors (Lipinski definition) is 7. The molecule has 0 fully saturated rings. The molecular weight excluding hydrogens is 436 g/mol. The molecule has 0 saturated carbocycles. The summed E-state index contributed by atoms with van der Waals surface area (Å²) >= 11 is 4.60. The maximum absolute atomic E-state index is 12.7. The minimum Gasteiger partial charge on any atom is -0.302 e. The Morgan fingerprint density at radius 1 is 1.23 bits per heavy atom. The first kappa shape index (κ1) is 20.8. The minimum absolute atomic E-state index is 0.0973. The molecule has 4 aromatic rings. The Labute approximate surface area is 186 Å². The number of aromatic nitrogens is 3. The van der Waals surface area contributed by atoms with Gasteiger partial charge in [-0.15, -0.1) is 34.4 Å². The van der Waals surface area contributed by atoms with Crippen LogP contribution in [-0.2, 0) is 11.3 Å². The average Bonchev–Trinajstić information content (AvgIpc) is 3.32. The van der Waals surface area contributed by atoms with Crippen LogP contribution in [0.2, 0.25) is 0 Å². The molecule has 30 heavy (non-hydrogen) atoms. The summed E-state index contributed by atoms with van der Waals surface area (Å²) in [4.78, 5) is 37.0. The zero-order valence-electron chi connectivity index (χ0n) is 16.8. The van der Waals surface area contributed by atoms with Crippen molar-refractivity contribution in [1.82, 2.24) is 14.5 Å². The van der Waals surface area contributed by atoms with Crippen molar-refractivity contribution in [2.24, 2.45) is 0 Å². The van der Waals surface area contributed by atoms with Crippen molar-refractivity contribution in [2.75, 3.05) is 11.6 Å². The third-order valence-electron chi connectivity index (χ3n) is 4.87. The molecule has 1 amide bonds. The van der Waals surface area contributed by atoms with Gasteiger partial charge in [0.15, 0.2) is 5.13 Å². The third kappa shape index (κ3) is 4.19. The number of amides is 1. The second kappa shape index (κ2) is 8.71. The van der Waals surface area contributed by atoms with E-state index in [1.54, 1.807) is 11.8 Å². The van der Waals surface area contributed by atoms with Crippen molar-refractivity contribution in [3.8, 4) is 11.3 Å². The van der Waals surface area contributed by atoms with Gasteiger partial charge in [-0.3, -0.25) is 14.2 Å². The van der Waals surface area contributed by atoms with E-state index in [0.717, 1.165) is 26.5 Å². The molecule has 3 aromatic heterocycles. The van der Waals surface area contributed by atoms with Crippen LogP contribution in [0.1, 0.15) is 16.9 Å². The number of anilines is 1. The molecule has 6 nitrogen and oxygen atoms in total. The molecule has 9 heteroatoms. The van der Waals surface area contributed by atoms with Crippen LogP contribution in [0.15, 0.2) is 45.7 Å². The van der Waals surface area contributed by atoms with Crippen molar-refractivity contribution in [1.29, 1.82) is 0 Å². The standard InChI is InChI=1S/C21H20N4O2S3/c1-12-13(2)30-19-18(12)20(27)25(11-22-19)9-8-17(26)24-21-23-16(10-29-21)14-4-6-15(28-3)7-5-14/h4-7,10-11H,8-9H2,1-3H3,(H,23,24,26). The lowest BCUT2D eigenvalue weighted by Crippen LogP contribution is -2.23. The van der Waals surface area contributed by atoms with E-state index in [4.69, 9.17) is 0 Å². The van der Waals surface area contributed by atoms with Crippen LogP contribution in [0.25, 0.3) is 21.5 Å². The average molecular weight is 457 g/mol. The second-order valence-corrected chi connectivity index (χ2v) is 9.71. The lowest BCUT2D eigenvalue weighted by atomic mass is 10.2. The molecule has 0 aliphatic carbocycles. The van der Waals surface area contributed by atoms with Gasteiger partial charge in [-0.05, 0) is 37.8 Å². The van der Waals surface area contributed by atoms with Gasteiger partial charge in [0.2, 0.25) is 5.91 Å². The molecule has 4 rings (SSSR count). The second-order valence-electron chi connectivity index (χ2n) is 6.77. The molecule has 0 aliphatic heterocycles. The maximum Gasteiger partial charge on any atom is 0.262 e. The Kier molecular flexibility index (Phi) is 6.03. The van der Waals surface area contributed by atoms with Gasteiger partial charge in [0.25, 0.3) is 5.56 Å². The number of hydrogen-bond donors (Lipinski definition) is 1. The topological polar surface area (TPSA) is 76.9 Å². The van der Waals surface area contributed by atoms with Crippen LogP contribution in [-0.4, -0.2) is 26.7 Å². The van der Waals surface area contributed by atoms with E-state index in [2.05, 4.69) is 27.4 Å². The first-order chi connectivity index (χ1) is 14.5. The summed E-state index contributed by atoms with van der Waals surface area (Å²) in [6, 6.07) is 8.15. The SMILES string of the molecule is CSc1ccc(-c2csc(NC(=O)CCn3cnc4sc(C)c(C)c4c3=O)n2)cc1. The van der Waals surface area contributed by atoms with Crippen molar-refractivity contribution >= 4 is 55.7 Å². The van der Waals surface area contributed by atoms with Crippen LogP contribution in [0, 0.1) is 13.8 Å². The largest absolute Gasteiger partial charge is 0.302 e. The van der Waals surface area contributed by atoms with Gasteiger partial charge >= 0.3 is 0 Å². The summed E-state index contributed by atoms with van der Waals surface area (Å²) < 4.78 is 1.50. The Bertz CT molecular complexity index is 1270. The lowest BCUT2D eigenvalue weighted by Gasteiger charge is -2.05. The molecular formula is C21H20N4O2S3. The number of carbonyl (C=O) groups excluding carboxylic acids is 1. The van der Waals surface area contributed by atoms with Gasteiger partial charge in [0.1, 0.15) is 4.83 Å². The number of aryl methyl sites for hydroxylation is 3. The molecule has 0 atom stereocenters. The van der Waals surface area contributed by atoms with Gasteiger partial charge in [-0.25, -0.2) is 9.97 Å². The van der Waals surface area contributed by atoms with E-state index in [0.29, 0.717) is 10.5 Å². The maximum atomic E-state index is 12.7. The van der Waals surface area contributed by atoms with Crippen molar-refractivity contribution in [3.05, 3.63) is 56.8 Å². The van der Waals surface area contributed by atoms with E-state index in [9.17, 15) is 9.59 Å². The summed E-state index contributed by atoms with van der Waals surface area (Å²) in [5.74, 6) is -0.182. The normalized spacial score (nSPS) is 11.2. The molecule has 0 saturated heterocycles. The van der Waals surface area contributed by atoms with Gasteiger partial charge in [0, 0.05) is 33.7 Å². The molecule has 0 aliphatic rings. The molecule has 0 unspecified atom stereocenters. The fourth-order valence-corrected chi connectivity index (χ4v) is 5.19. The smallest absolute Gasteiger partial charge is 0.262 e. The highest BCUT2D eigenvalue weighted by Crippen LogP contribution is 2.27. The van der Waals surface area contributed by atoms with E-state index >= 15 is 0 Å². The van der Waals surface area contributed by atoms with Gasteiger partial charge < -0.3 is 5.32 Å². The minimum atomic E-state index is -0.182. The monoisotopic (exact) mass is 456 g/mol. The Balaban J connectivity index is 1.41. The van der Waals surface area contributed by atoms with Crippen LogP contribution >= 0.6 is 34.4 Å². The number of benzene rings is 1. The number of rotatable bonds is 6. The number of thiophene rings is 1. The number of fused-ring (bicyclic) bond motifs is 1. The molecule has 1 N–H and O–H groups in total. The highest BCUT2D eigenvalue weighted by molar-refractivity contribution is 7.98. The fourth-order valence-electron chi connectivity index (χ4n) is 3.06. The van der Waals surface area contributed by atoms with Gasteiger partial charge in [0.05, 0.1) is 17.4 Å². The number of carbonyl (C=O) groups is 1. The van der Waals surface area contributed by atoms with Crippen LogP contribution < -0.4 is 10.9 Å². The van der Waals surface area contributed by atoms with E-state index in [-0.39, 0.29) is 24.4 Å². The summed E-state index contributed by atoms with van der Waals surface area (Å²) in [6.07, 6.45) is 3.73. The van der Waals surface area contributed by atoms with Crippen LogP contribution in [0.3, 0.4) is 0 Å². The summed E-state index contributed by atoms with van der Waals surface area (Å²) in [5.41, 5.74) is 2.71.